The molecule has 0 bridgehead atoms. The molecule has 1 aliphatic rings. The minimum atomic E-state index is 0.295. The Labute approximate surface area is 112 Å². The van der Waals surface area contributed by atoms with E-state index < -0.39 is 0 Å². The summed E-state index contributed by atoms with van der Waals surface area (Å²) < 4.78 is 5.06. The van der Waals surface area contributed by atoms with Crippen molar-refractivity contribution in [2.45, 2.75) is 32.4 Å². The van der Waals surface area contributed by atoms with Crippen molar-refractivity contribution >= 4 is 5.69 Å². The van der Waals surface area contributed by atoms with Crippen LogP contribution in [0.3, 0.4) is 0 Å². The lowest BCUT2D eigenvalue weighted by Crippen LogP contribution is -2.24. The van der Waals surface area contributed by atoms with Crippen LogP contribution in [0.5, 0.6) is 0 Å². The summed E-state index contributed by atoms with van der Waals surface area (Å²) in [6.07, 6.45) is 3.57. The molecule has 1 aromatic carbocycles. The second-order valence-electron chi connectivity index (χ2n) is 4.82. The van der Waals surface area contributed by atoms with Gasteiger partial charge in [-0.2, -0.15) is 4.98 Å². The molecule has 1 aromatic heterocycles. The molecular weight excluding hydrogens is 240 g/mol. The molecular formula is C14H18N4O. The van der Waals surface area contributed by atoms with E-state index in [4.69, 9.17) is 10.3 Å². The van der Waals surface area contributed by atoms with Gasteiger partial charge in [0.2, 0.25) is 5.89 Å². The summed E-state index contributed by atoms with van der Waals surface area (Å²) in [6, 6.07) is 8.56. The number of nitrogens with two attached hydrogens (primary N) is 1. The molecule has 0 radical (unpaired) electrons. The standard InChI is InChI=1S/C14H18N4O/c15-9-14-16-13(17-19-14)10-18-8-4-3-6-11-5-1-2-7-12(11)18/h1-2,5,7H,3-4,6,8-10,15H2. The van der Waals surface area contributed by atoms with Gasteiger partial charge in [0.1, 0.15) is 0 Å². The third kappa shape index (κ3) is 2.61. The maximum absolute atomic E-state index is 5.49. The number of para-hydroxylation sites is 1. The average Bonchev–Trinajstić information content (AvgIpc) is 2.80. The van der Waals surface area contributed by atoms with Crippen LogP contribution in [0.25, 0.3) is 0 Å². The molecule has 0 amide bonds. The monoisotopic (exact) mass is 258 g/mol. The quantitative estimate of drug-likeness (QED) is 0.910. The molecule has 0 unspecified atom stereocenters. The Hall–Kier alpha value is -1.88. The van der Waals surface area contributed by atoms with Gasteiger partial charge >= 0.3 is 0 Å². The molecule has 0 saturated heterocycles. The molecule has 2 N–H and O–H groups in total. The Bertz CT molecular complexity index is 552. The van der Waals surface area contributed by atoms with E-state index in [2.05, 4.69) is 39.3 Å². The van der Waals surface area contributed by atoms with E-state index >= 15 is 0 Å². The summed E-state index contributed by atoms with van der Waals surface area (Å²) >= 11 is 0. The van der Waals surface area contributed by atoms with Crippen molar-refractivity contribution in [2.24, 2.45) is 5.73 Å². The summed E-state index contributed by atoms with van der Waals surface area (Å²) in [7, 11) is 0. The first kappa shape index (κ1) is 12.2. The molecule has 0 atom stereocenters. The van der Waals surface area contributed by atoms with Crippen LogP contribution in [-0.4, -0.2) is 16.7 Å². The van der Waals surface area contributed by atoms with Gasteiger partial charge in [0.15, 0.2) is 5.82 Å². The Morgan fingerprint density at radius 2 is 2.16 bits per heavy atom. The van der Waals surface area contributed by atoms with Crippen LogP contribution in [-0.2, 0) is 19.5 Å². The first-order valence-electron chi connectivity index (χ1n) is 6.71. The normalized spacial score (nSPS) is 15.1. The highest BCUT2D eigenvalue weighted by Gasteiger charge is 2.17. The predicted molar refractivity (Wildman–Crippen MR) is 72.6 cm³/mol. The van der Waals surface area contributed by atoms with E-state index in [1.165, 1.54) is 24.1 Å². The van der Waals surface area contributed by atoms with Gasteiger partial charge in [0.05, 0.1) is 13.1 Å². The number of anilines is 1. The zero-order chi connectivity index (χ0) is 13.1. The molecule has 0 fully saturated rings. The van der Waals surface area contributed by atoms with E-state index in [-0.39, 0.29) is 0 Å². The van der Waals surface area contributed by atoms with Crippen molar-refractivity contribution < 1.29 is 4.52 Å². The Balaban J connectivity index is 1.83. The first-order chi connectivity index (χ1) is 9.36. The zero-order valence-electron chi connectivity index (χ0n) is 10.9. The number of aromatic nitrogens is 2. The molecule has 2 heterocycles. The lowest BCUT2D eigenvalue weighted by molar-refractivity contribution is 0.374. The SMILES string of the molecule is NCc1nc(CN2CCCCc3ccccc32)no1. The van der Waals surface area contributed by atoms with Gasteiger partial charge in [0, 0.05) is 12.2 Å². The van der Waals surface area contributed by atoms with Crippen LogP contribution < -0.4 is 10.6 Å². The molecule has 19 heavy (non-hydrogen) atoms. The van der Waals surface area contributed by atoms with Crippen molar-refractivity contribution in [3.8, 4) is 0 Å². The number of benzene rings is 1. The fourth-order valence-electron chi connectivity index (χ4n) is 2.54. The summed E-state index contributed by atoms with van der Waals surface area (Å²) in [4.78, 5) is 6.61. The molecule has 0 spiro atoms. The minimum absolute atomic E-state index is 0.295. The van der Waals surface area contributed by atoms with Crippen LogP contribution in [0.2, 0.25) is 0 Å². The van der Waals surface area contributed by atoms with Crippen molar-refractivity contribution in [2.75, 3.05) is 11.4 Å². The number of aryl methyl sites for hydroxylation is 1. The van der Waals surface area contributed by atoms with E-state index in [0.29, 0.717) is 24.8 Å². The Morgan fingerprint density at radius 3 is 3.00 bits per heavy atom. The number of hydrogen-bond donors (Lipinski definition) is 1. The fraction of sp³-hybridized carbons (Fsp3) is 0.429. The maximum Gasteiger partial charge on any atom is 0.240 e. The van der Waals surface area contributed by atoms with E-state index in [1.54, 1.807) is 0 Å². The maximum atomic E-state index is 5.49. The zero-order valence-corrected chi connectivity index (χ0v) is 10.9. The number of nitrogens with zero attached hydrogens (tertiary/aromatic N) is 3. The molecule has 2 aromatic rings. The summed E-state index contributed by atoms with van der Waals surface area (Å²) in [5.74, 6) is 1.20. The summed E-state index contributed by atoms with van der Waals surface area (Å²) in [6.45, 7) is 2.01. The largest absolute Gasteiger partial charge is 0.364 e. The molecule has 0 saturated carbocycles. The van der Waals surface area contributed by atoms with Crippen LogP contribution in [0.1, 0.15) is 30.1 Å². The highest BCUT2D eigenvalue weighted by molar-refractivity contribution is 5.54. The van der Waals surface area contributed by atoms with Gasteiger partial charge in [-0.05, 0) is 30.9 Å². The van der Waals surface area contributed by atoms with E-state index in [9.17, 15) is 0 Å². The topological polar surface area (TPSA) is 68.2 Å². The van der Waals surface area contributed by atoms with Gasteiger partial charge in [0.25, 0.3) is 0 Å². The van der Waals surface area contributed by atoms with Crippen molar-refractivity contribution in [3.05, 3.63) is 41.5 Å². The second-order valence-corrected chi connectivity index (χ2v) is 4.82. The highest BCUT2D eigenvalue weighted by Crippen LogP contribution is 2.26. The molecule has 1 aliphatic heterocycles. The lowest BCUT2D eigenvalue weighted by Gasteiger charge is -2.23. The van der Waals surface area contributed by atoms with Gasteiger partial charge < -0.3 is 15.2 Å². The van der Waals surface area contributed by atoms with Crippen molar-refractivity contribution in [1.82, 2.24) is 10.1 Å². The molecule has 5 heteroatoms. The first-order valence-corrected chi connectivity index (χ1v) is 6.71. The second kappa shape index (κ2) is 5.40. The molecule has 0 aliphatic carbocycles. The smallest absolute Gasteiger partial charge is 0.240 e. The highest BCUT2D eigenvalue weighted by atomic mass is 16.5. The van der Waals surface area contributed by atoms with Gasteiger partial charge in [-0.15, -0.1) is 0 Å². The van der Waals surface area contributed by atoms with Crippen LogP contribution in [0, 0.1) is 0 Å². The van der Waals surface area contributed by atoms with Crippen molar-refractivity contribution in [3.63, 3.8) is 0 Å². The molecule has 3 rings (SSSR count). The van der Waals surface area contributed by atoms with E-state index in [0.717, 1.165) is 13.0 Å². The van der Waals surface area contributed by atoms with Gasteiger partial charge in [-0.3, -0.25) is 0 Å². The lowest BCUT2D eigenvalue weighted by atomic mass is 10.1. The van der Waals surface area contributed by atoms with Gasteiger partial charge in [-0.1, -0.05) is 23.4 Å². The third-order valence-corrected chi connectivity index (χ3v) is 3.47. The Kier molecular flexibility index (Phi) is 3.46. The van der Waals surface area contributed by atoms with Crippen LogP contribution in [0.15, 0.2) is 28.8 Å². The number of hydrogen-bond acceptors (Lipinski definition) is 5. The minimum Gasteiger partial charge on any atom is -0.364 e. The predicted octanol–water partition coefficient (Wildman–Crippen LogP) is 1.87. The Morgan fingerprint density at radius 1 is 1.26 bits per heavy atom. The van der Waals surface area contributed by atoms with Crippen LogP contribution >= 0.6 is 0 Å². The van der Waals surface area contributed by atoms with Crippen molar-refractivity contribution in [1.29, 1.82) is 0 Å². The summed E-state index contributed by atoms with van der Waals surface area (Å²) in [5.41, 5.74) is 8.18. The summed E-state index contributed by atoms with van der Waals surface area (Å²) in [5, 5.41) is 3.98. The third-order valence-electron chi connectivity index (χ3n) is 3.47. The van der Waals surface area contributed by atoms with E-state index in [1.807, 2.05) is 0 Å². The average molecular weight is 258 g/mol. The van der Waals surface area contributed by atoms with Crippen LogP contribution in [0.4, 0.5) is 5.69 Å². The fourth-order valence-corrected chi connectivity index (χ4v) is 2.54. The van der Waals surface area contributed by atoms with Gasteiger partial charge in [-0.25, -0.2) is 0 Å². The molecule has 100 valence electrons. The molecule has 5 nitrogen and oxygen atoms in total. The number of rotatable bonds is 3. The number of fused-ring (bicyclic) bond motifs is 1.